The minimum atomic E-state index is -4.25. The highest BCUT2D eigenvalue weighted by Crippen LogP contribution is 2.30. The van der Waals surface area contributed by atoms with Gasteiger partial charge in [-0.25, -0.2) is 17.8 Å². The molecule has 0 aliphatic carbocycles. The Labute approximate surface area is 185 Å². The van der Waals surface area contributed by atoms with Crippen molar-refractivity contribution in [3.63, 3.8) is 0 Å². The average molecular weight is 526 g/mol. The minimum absolute atomic E-state index is 0.181. The Balaban J connectivity index is 1.49. The molecule has 1 aliphatic rings. The van der Waals surface area contributed by atoms with Gasteiger partial charge in [-0.2, -0.15) is 4.39 Å². The maximum Gasteiger partial charge on any atom is 0.266 e. The van der Waals surface area contributed by atoms with E-state index in [1.165, 1.54) is 0 Å². The van der Waals surface area contributed by atoms with Gasteiger partial charge in [-0.15, -0.1) is 0 Å². The molecule has 0 amide bonds. The molecule has 13 heteroatoms. The number of anilines is 2. The second-order valence-corrected chi connectivity index (χ2v) is 10.5. The third-order valence-electron chi connectivity index (χ3n) is 4.47. The first-order valence-corrected chi connectivity index (χ1v) is 12.3. The zero-order chi connectivity index (χ0) is 21.8. The van der Waals surface area contributed by atoms with Gasteiger partial charge in [0.15, 0.2) is 10.3 Å². The summed E-state index contributed by atoms with van der Waals surface area (Å²) >= 11 is 3.76. The number of benzene rings is 1. The van der Waals surface area contributed by atoms with Gasteiger partial charge in [0.05, 0.1) is 11.9 Å². The summed E-state index contributed by atoms with van der Waals surface area (Å²) in [4.78, 5) is 3.01. The standard InChI is InChI=1S/C17H22BrF2N5O3S2/c18-11-5-14(30(27,28)25-16-24-7-15(20)29-16)12(19)6-13(11)23-4-2-1-3-21-8-17(26)9-22-10-17/h5-7,21-23,26H,1-4,8-10H2,(H,24,25). The number of nitrogens with one attached hydrogen (secondary N) is 4. The minimum Gasteiger partial charge on any atom is -0.386 e. The summed E-state index contributed by atoms with van der Waals surface area (Å²) in [6.07, 6.45) is 2.54. The van der Waals surface area contributed by atoms with Gasteiger partial charge in [0.2, 0.25) is 0 Å². The molecule has 0 radical (unpaired) electrons. The topological polar surface area (TPSA) is 115 Å². The molecule has 0 spiro atoms. The zero-order valence-corrected chi connectivity index (χ0v) is 19.1. The maximum atomic E-state index is 14.5. The van der Waals surface area contributed by atoms with Gasteiger partial charge in [-0.1, -0.05) is 11.3 Å². The fourth-order valence-electron chi connectivity index (χ4n) is 2.80. The first kappa shape index (κ1) is 23.3. The summed E-state index contributed by atoms with van der Waals surface area (Å²) in [6, 6.07) is 2.25. The average Bonchev–Trinajstić information content (AvgIpc) is 3.05. The number of hydrogen-bond acceptors (Lipinski definition) is 8. The van der Waals surface area contributed by atoms with E-state index in [4.69, 9.17) is 0 Å². The molecule has 1 aromatic heterocycles. The van der Waals surface area contributed by atoms with Crippen molar-refractivity contribution in [2.75, 3.05) is 42.8 Å². The molecule has 1 saturated heterocycles. The van der Waals surface area contributed by atoms with Crippen LogP contribution in [-0.2, 0) is 10.0 Å². The largest absolute Gasteiger partial charge is 0.386 e. The van der Waals surface area contributed by atoms with Crippen LogP contribution in [0.15, 0.2) is 27.7 Å². The van der Waals surface area contributed by atoms with E-state index in [0.29, 0.717) is 47.7 Å². The van der Waals surface area contributed by atoms with E-state index in [1.807, 2.05) is 0 Å². The normalized spacial score (nSPS) is 15.6. The number of sulfonamides is 1. The summed E-state index contributed by atoms with van der Waals surface area (Å²) in [5.74, 6) is -0.936. The molecule has 0 bridgehead atoms. The van der Waals surface area contributed by atoms with E-state index < -0.39 is 31.5 Å². The molecule has 1 aliphatic heterocycles. The number of aliphatic hydroxyl groups is 1. The molecule has 1 aromatic carbocycles. The Hall–Kier alpha value is -1.38. The number of hydrogen-bond donors (Lipinski definition) is 5. The van der Waals surface area contributed by atoms with Gasteiger partial charge in [0.1, 0.15) is 16.3 Å². The van der Waals surface area contributed by atoms with Gasteiger partial charge in [0, 0.05) is 30.7 Å². The van der Waals surface area contributed by atoms with Crippen molar-refractivity contribution in [1.82, 2.24) is 15.6 Å². The van der Waals surface area contributed by atoms with Crippen LogP contribution in [0.3, 0.4) is 0 Å². The molecular formula is C17H22BrF2N5O3S2. The van der Waals surface area contributed by atoms with Crippen molar-refractivity contribution in [2.24, 2.45) is 0 Å². The Kier molecular flexibility index (Phi) is 7.63. The van der Waals surface area contributed by atoms with E-state index in [1.54, 1.807) is 0 Å². The molecule has 1 fully saturated rings. The predicted molar refractivity (Wildman–Crippen MR) is 115 cm³/mol. The number of rotatable bonds is 11. The smallest absolute Gasteiger partial charge is 0.266 e. The predicted octanol–water partition coefficient (Wildman–Crippen LogP) is 2.10. The highest BCUT2D eigenvalue weighted by atomic mass is 79.9. The van der Waals surface area contributed by atoms with Crippen molar-refractivity contribution < 1.29 is 22.3 Å². The fourth-order valence-corrected chi connectivity index (χ4v) is 5.31. The van der Waals surface area contributed by atoms with E-state index in [0.717, 1.165) is 37.7 Å². The summed E-state index contributed by atoms with van der Waals surface area (Å²) in [5.41, 5.74) is -0.222. The molecule has 0 saturated carbocycles. The molecule has 0 atom stereocenters. The second kappa shape index (κ2) is 9.83. The molecule has 3 rings (SSSR count). The van der Waals surface area contributed by atoms with Crippen LogP contribution in [0.2, 0.25) is 0 Å². The number of β-amino-alcohol motifs (C(OH)–C–C–N with tert-alkyl or cyclic N) is 1. The van der Waals surface area contributed by atoms with Crippen molar-refractivity contribution in [1.29, 1.82) is 0 Å². The molecule has 2 heterocycles. The Bertz CT molecular complexity index is 986. The van der Waals surface area contributed by atoms with Crippen LogP contribution in [0.5, 0.6) is 0 Å². The first-order valence-electron chi connectivity index (χ1n) is 9.19. The van der Waals surface area contributed by atoms with Gasteiger partial charge in [0.25, 0.3) is 10.0 Å². The van der Waals surface area contributed by atoms with Crippen LogP contribution < -0.4 is 20.7 Å². The van der Waals surface area contributed by atoms with E-state index in [9.17, 15) is 22.3 Å². The molecule has 2 aromatic rings. The van der Waals surface area contributed by atoms with Gasteiger partial charge in [-0.05, 0) is 47.4 Å². The quantitative estimate of drug-likeness (QED) is 0.285. The monoisotopic (exact) mass is 525 g/mol. The van der Waals surface area contributed by atoms with E-state index in [2.05, 4.69) is 41.6 Å². The molecule has 8 nitrogen and oxygen atoms in total. The Morgan fingerprint density at radius 3 is 2.63 bits per heavy atom. The van der Waals surface area contributed by atoms with Crippen LogP contribution in [0.1, 0.15) is 12.8 Å². The highest BCUT2D eigenvalue weighted by molar-refractivity contribution is 9.10. The number of thiazole rings is 1. The first-order chi connectivity index (χ1) is 14.2. The van der Waals surface area contributed by atoms with E-state index in [-0.39, 0.29) is 5.13 Å². The van der Waals surface area contributed by atoms with Crippen molar-refractivity contribution in [3.8, 4) is 0 Å². The Morgan fingerprint density at radius 2 is 2.00 bits per heavy atom. The summed E-state index contributed by atoms with van der Waals surface area (Å²) in [5, 5.41) is 18.4. The van der Waals surface area contributed by atoms with Gasteiger partial charge < -0.3 is 21.1 Å². The van der Waals surface area contributed by atoms with Crippen LogP contribution in [0, 0.1) is 10.9 Å². The lowest BCUT2D eigenvalue weighted by molar-refractivity contribution is -0.00822. The van der Waals surface area contributed by atoms with E-state index >= 15 is 0 Å². The molecular weight excluding hydrogens is 504 g/mol. The van der Waals surface area contributed by atoms with Crippen LogP contribution in [-0.4, -0.2) is 56.8 Å². The maximum absolute atomic E-state index is 14.5. The van der Waals surface area contributed by atoms with Gasteiger partial charge in [-0.3, -0.25) is 4.72 Å². The van der Waals surface area contributed by atoms with Crippen molar-refractivity contribution >= 4 is 48.1 Å². The molecule has 30 heavy (non-hydrogen) atoms. The van der Waals surface area contributed by atoms with Crippen LogP contribution in [0.4, 0.5) is 19.6 Å². The number of aromatic nitrogens is 1. The third-order valence-corrected chi connectivity index (χ3v) is 7.31. The Morgan fingerprint density at radius 1 is 1.27 bits per heavy atom. The molecule has 5 N–H and O–H groups in total. The number of nitrogens with zero attached hydrogens (tertiary/aromatic N) is 1. The summed E-state index contributed by atoms with van der Waals surface area (Å²) in [7, 11) is -4.25. The zero-order valence-electron chi connectivity index (χ0n) is 15.8. The summed E-state index contributed by atoms with van der Waals surface area (Å²) in [6.45, 7) is 3.06. The molecule has 166 valence electrons. The summed E-state index contributed by atoms with van der Waals surface area (Å²) < 4.78 is 54.6. The lowest BCUT2D eigenvalue weighted by atomic mass is 9.97. The second-order valence-electron chi connectivity index (χ2n) is 6.98. The third kappa shape index (κ3) is 6.08. The van der Waals surface area contributed by atoms with Crippen LogP contribution >= 0.6 is 27.3 Å². The number of unbranched alkanes of at least 4 members (excludes halogenated alkanes) is 1. The lowest BCUT2D eigenvalue weighted by Gasteiger charge is -2.37. The number of halogens is 3. The highest BCUT2D eigenvalue weighted by Gasteiger charge is 2.33. The lowest BCUT2D eigenvalue weighted by Crippen LogP contribution is -2.64. The van der Waals surface area contributed by atoms with Crippen molar-refractivity contribution in [3.05, 3.63) is 33.8 Å². The van der Waals surface area contributed by atoms with Crippen molar-refractivity contribution in [2.45, 2.75) is 23.3 Å². The van der Waals surface area contributed by atoms with Crippen LogP contribution in [0.25, 0.3) is 0 Å². The van der Waals surface area contributed by atoms with Gasteiger partial charge >= 0.3 is 0 Å². The SMILES string of the molecule is O=S(=O)(Nc1ncc(F)s1)c1cc(Br)c(NCCCCNCC2(O)CNC2)cc1F. The fraction of sp³-hybridized carbons (Fsp3) is 0.471. The molecule has 0 unspecified atom stereocenters.